The molecule has 1 rings (SSSR count). The first-order valence-electron chi connectivity index (χ1n) is 6.56. The Morgan fingerprint density at radius 3 is 2.27 bits per heavy atom. The fourth-order valence-electron chi connectivity index (χ4n) is 2.97. The van der Waals surface area contributed by atoms with Crippen LogP contribution in [0.15, 0.2) is 0 Å². The highest BCUT2D eigenvalue weighted by atomic mass is 16.3. The largest absolute Gasteiger partial charge is 0.396 e. The van der Waals surface area contributed by atoms with Gasteiger partial charge in [0.25, 0.3) is 0 Å². The Kier molecular flexibility index (Phi) is 4.22. The van der Waals surface area contributed by atoms with Gasteiger partial charge in [-0.2, -0.15) is 0 Å². The lowest BCUT2D eigenvalue weighted by molar-refractivity contribution is 0.0994. The lowest BCUT2D eigenvalue weighted by atomic mass is 9.66. The summed E-state index contributed by atoms with van der Waals surface area (Å²) in [5.41, 5.74) is 1.01. The SMILES string of the molecule is CCC(CO)CCC1(C)CCCC1(C)C. The minimum absolute atomic E-state index is 0.368. The van der Waals surface area contributed by atoms with Gasteiger partial charge >= 0.3 is 0 Å². The molecule has 1 heteroatoms. The van der Waals surface area contributed by atoms with Crippen LogP contribution in [0.3, 0.4) is 0 Å². The van der Waals surface area contributed by atoms with Gasteiger partial charge in [0.1, 0.15) is 0 Å². The predicted molar refractivity (Wildman–Crippen MR) is 65.8 cm³/mol. The Morgan fingerprint density at radius 1 is 1.20 bits per heavy atom. The molecule has 1 aliphatic rings. The molecule has 0 saturated heterocycles. The first-order valence-corrected chi connectivity index (χ1v) is 6.56. The summed E-state index contributed by atoms with van der Waals surface area (Å²) in [4.78, 5) is 0. The van der Waals surface area contributed by atoms with Crippen LogP contribution in [0.4, 0.5) is 0 Å². The van der Waals surface area contributed by atoms with Gasteiger partial charge < -0.3 is 5.11 Å². The van der Waals surface area contributed by atoms with E-state index in [1.54, 1.807) is 0 Å². The van der Waals surface area contributed by atoms with Gasteiger partial charge in [-0.05, 0) is 42.4 Å². The van der Waals surface area contributed by atoms with E-state index in [1.165, 1.54) is 32.1 Å². The van der Waals surface area contributed by atoms with Crippen molar-refractivity contribution in [3.05, 3.63) is 0 Å². The summed E-state index contributed by atoms with van der Waals surface area (Å²) >= 11 is 0. The van der Waals surface area contributed by atoms with Crippen molar-refractivity contribution in [2.75, 3.05) is 6.61 Å². The normalized spacial score (nSPS) is 31.8. The molecule has 1 fully saturated rings. The standard InChI is InChI=1S/C14H28O/c1-5-12(11-15)7-10-14(4)9-6-8-13(14,2)3/h12,15H,5-11H2,1-4H3. The third-order valence-electron chi connectivity index (χ3n) is 5.10. The molecule has 0 spiro atoms. The molecule has 0 aromatic heterocycles. The molecule has 1 nitrogen and oxygen atoms in total. The van der Waals surface area contributed by atoms with Gasteiger partial charge in [0.05, 0.1) is 0 Å². The van der Waals surface area contributed by atoms with Crippen molar-refractivity contribution < 1.29 is 5.11 Å². The fourth-order valence-corrected chi connectivity index (χ4v) is 2.97. The average molecular weight is 212 g/mol. The van der Waals surface area contributed by atoms with Gasteiger partial charge in [0, 0.05) is 6.61 Å². The quantitative estimate of drug-likeness (QED) is 0.730. The van der Waals surface area contributed by atoms with Gasteiger partial charge in [-0.15, -0.1) is 0 Å². The van der Waals surface area contributed by atoms with Gasteiger partial charge in [-0.1, -0.05) is 40.5 Å². The van der Waals surface area contributed by atoms with Crippen molar-refractivity contribution >= 4 is 0 Å². The molecule has 90 valence electrons. The van der Waals surface area contributed by atoms with Crippen LogP contribution < -0.4 is 0 Å². The topological polar surface area (TPSA) is 20.2 Å². The molecule has 0 aromatic rings. The molecule has 0 aliphatic heterocycles. The molecule has 0 bridgehead atoms. The first-order chi connectivity index (χ1) is 6.95. The molecule has 2 atom stereocenters. The first kappa shape index (κ1) is 13.0. The van der Waals surface area contributed by atoms with E-state index in [-0.39, 0.29) is 0 Å². The third-order valence-corrected chi connectivity index (χ3v) is 5.10. The van der Waals surface area contributed by atoms with Crippen LogP contribution in [0.25, 0.3) is 0 Å². The second-order valence-electron chi connectivity index (χ2n) is 6.29. The van der Waals surface area contributed by atoms with Crippen LogP contribution in [0.2, 0.25) is 0 Å². The van der Waals surface area contributed by atoms with Gasteiger partial charge in [-0.3, -0.25) is 0 Å². The summed E-state index contributed by atoms with van der Waals surface area (Å²) in [6, 6.07) is 0. The van der Waals surface area contributed by atoms with E-state index in [9.17, 15) is 5.11 Å². The van der Waals surface area contributed by atoms with Crippen molar-refractivity contribution in [2.24, 2.45) is 16.7 Å². The van der Waals surface area contributed by atoms with E-state index in [0.717, 1.165) is 6.42 Å². The van der Waals surface area contributed by atoms with Crippen LogP contribution in [0, 0.1) is 16.7 Å². The molecular formula is C14H28O. The Balaban J connectivity index is 2.49. The van der Waals surface area contributed by atoms with Gasteiger partial charge in [0.15, 0.2) is 0 Å². The zero-order valence-corrected chi connectivity index (χ0v) is 11.0. The van der Waals surface area contributed by atoms with Crippen LogP contribution in [0.1, 0.15) is 66.2 Å². The summed E-state index contributed by atoms with van der Waals surface area (Å²) in [5.74, 6) is 0.526. The van der Waals surface area contributed by atoms with E-state index in [0.29, 0.717) is 23.4 Å². The Hall–Kier alpha value is -0.0400. The minimum atomic E-state index is 0.368. The lowest BCUT2D eigenvalue weighted by Crippen LogP contribution is -2.30. The summed E-state index contributed by atoms with van der Waals surface area (Å²) in [7, 11) is 0. The van der Waals surface area contributed by atoms with Crippen molar-refractivity contribution in [2.45, 2.75) is 66.2 Å². The van der Waals surface area contributed by atoms with E-state index in [2.05, 4.69) is 27.7 Å². The molecule has 1 aliphatic carbocycles. The smallest absolute Gasteiger partial charge is 0.0459 e. The Labute approximate surface area is 95.3 Å². The molecule has 1 N–H and O–H groups in total. The van der Waals surface area contributed by atoms with Gasteiger partial charge in [0.2, 0.25) is 0 Å². The van der Waals surface area contributed by atoms with Crippen molar-refractivity contribution in [3.63, 3.8) is 0 Å². The van der Waals surface area contributed by atoms with Crippen molar-refractivity contribution in [1.29, 1.82) is 0 Å². The maximum absolute atomic E-state index is 9.21. The zero-order valence-electron chi connectivity index (χ0n) is 11.0. The van der Waals surface area contributed by atoms with Crippen molar-refractivity contribution in [3.8, 4) is 0 Å². The summed E-state index contributed by atoms with van der Waals surface area (Å²) in [6.45, 7) is 9.83. The molecule has 0 aromatic carbocycles. The van der Waals surface area contributed by atoms with E-state index < -0.39 is 0 Å². The van der Waals surface area contributed by atoms with Crippen LogP contribution in [-0.4, -0.2) is 11.7 Å². The predicted octanol–water partition coefficient (Wildman–Crippen LogP) is 4.00. The van der Waals surface area contributed by atoms with Crippen LogP contribution >= 0.6 is 0 Å². The maximum atomic E-state index is 9.21. The van der Waals surface area contributed by atoms with Gasteiger partial charge in [-0.25, -0.2) is 0 Å². The molecule has 2 unspecified atom stereocenters. The minimum Gasteiger partial charge on any atom is -0.396 e. The lowest BCUT2D eigenvalue weighted by Gasteiger charge is -2.39. The molecule has 0 radical (unpaired) electrons. The fraction of sp³-hybridized carbons (Fsp3) is 1.00. The van der Waals surface area contributed by atoms with Crippen LogP contribution in [-0.2, 0) is 0 Å². The second kappa shape index (κ2) is 4.86. The molecular weight excluding hydrogens is 184 g/mol. The highest BCUT2D eigenvalue weighted by Crippen LogP contribution is 2.55. The van der Waals surface area contributed by atoms with E-state index >= 15 is 0 Å². The monoisotopic (exact) mass is 212 g/mol. The molecule has 1 saturated carbocycles. The summed E-state index contributed by atoms with van der Waals surface area (Å²) in [6.07, 6.45) is 7.75. The number of aliphatic hydroxyl groups is 1. The Morgan fingerprint density at radius 2 is 1.87 bits per heavy atom. The zero-order chi connectivity index (χ0) is 11.5. The highest BCUT2D eigenvalue weighted by molar-refractivity contribution is 4.94. The maximum Gasteiger partial charge on any atom is 0.0459 e. The summed E-state index contributed by atoms with van der Waals surface area (Å²) < 4.78 is 0. The number of hydrogen-bond acceptors (Lipinski definition) is 1. The second-order valence-corrected chi connectivity index (χ2v) is 6.29. The summed E-state index contributed by atoms with van der Waals surface area (Å²) in [5, 5.41) is 9.21. The third kappa shape index (κ3) is 2.75. The Bertz CT molecular complexity index is 194. The van der Waals surface area contributed by atoms with Crippen molar-refractivity contribution in [1.82, 2.24) is 0 Å². The molecule has 15 heavy (non-hydrogen) atoms. The number of aliphatic hydroxyl groups excluding tert-OH is 1. The molecule has 0 heterocycles. The van der Waals surface area contributed by atoms with Crippen LogP contribution in [0.5, 0.6) is 0 Å². The average Bonchev–Trinajstić information content (AvgIpc) is 2.43. The highest BCUT2D eigenvalue weighted by Gasteiger charge is 2.44. The van der Waals surface area contributed by atoms with E-state index in [4.69, 9.17) is 0 Å². The number of rotatable bonds is 5. The number of hydrogen-bond donors (Lipinski definition) is 1. The molecule has 0 amide bonds. The van der Waals surface area contributed by atoms with E-state index in [1.807, 2.05) is 0 Å².